The molecule has 1 N–H and O–H groups in total. The van der Waals surface area contributed by atoms with Crippen LogP contribution in [0.5, 0.6) is 0 Å². The van der Waals surface area contributed by atoms with Gasteiger partial charge in [0.05, 0.1) is 12.6 Å². The first-order valence-electron chi connectivity index (χ1n) is 7.25. The molecule has 7 nitrogen and oxygen atoms in total. The van der Waals surface area contributed by atoms with Gasteiger partial charge in [-0.2, -0.15) is 0 Å². The summed E-state index contributed by atoms with van der Waals surface area (Å²) in [4.78, 5) is 18.2. The highest BCUT2D eigenvalue weighted by atomic mass is 16.4. The van der Waals surface area contributed by atoms with Gasteiger partial charge in [-0.25, -0.2) is 4.98 Å². The fraction of sp³-hybridized carbons (Fsp3) is 0.467. The Labute approximate surface area is 129 Å². The van der Waals surface area contributed by atoms with Crippen LogP contribution in [0.2, 0.25) is 0 Å². The number of carbonyl (C=O) groups is 1. The zero-order valence-corrected chi connectivity index (χ0v) is 13.3. The van der Waals surface area contributed by atoms with Gasteiger partial charge >= 0.3 is 0 Å². The molecule has 0 aromatic carbocycles. The standard InChI is InChI=1S/C15H21N5O2/c1-5-14-18-19-15(22-14)11(3)20(4)9-13(21)17-12-8-6-7-10(2)16-12/h6-8,11H,5,9H2,1-4H3,(H,16,17,21). The van der Waals surface area contributed by atoms with Crippen molar-refractivity contribution in [1.29, 1.82) is 0 Å². The second-order valence-corrected chi connectivity index (χ2v) is 5.19. The number of nitrogens with one attached hydrogen (secondary N) is 1. The van der Waals surface area contributed by atoms with Crippen LogP contribution in [0.1, 0.15) is 37.4 Å². The second kappa shape index (κ2) is 7.13. The highest BCUT2D eigenvalue weighted by molar-refractivity contribution is 5.91. The molecular weight excluding hydrogens is 282 g/mol. The lowest BCUT2D eigenvalue weighted by Crippen LogP contribution is -2.32. The molecule has 7 heteroatoms. The molecule has 0 aliphatic rings. The van der Waals surface area contributed by atoms with E-state index in [1.165, 1.54) is 0 Å². The number of pyridine rings is 1. The van der Waals surface area contributed by atoms with E-state index >= 15 is 0 Å². The molecule has 0 radical (unpaired) electrons. The van der Waals surface area contributed by atoms with Crippen molar-refractivity contribution in [3.63, 3.8) is 0 Å². The molecule has 0 fully saturated rings. The monoisotopic (exact) mass is 303 g/mol. The Morgan fingerprint density at radius 3 is 2.82 bits per heavy atom. The van der Waals surface area contributed by atoms with E-state index in [4.69, 9.17) is 4.42 Å². The van der Waals surface area contributed by atoms with Crippen molar-refractivity contribution in [3.8, 4) is 0 Å². The number of nitrogens with zero attached hydrogens (tertiary/aromatic N) is 4. The van der Waals surface area contributed by atoms with E-state index in [-0.39, 0.29) is 18.5 Å². The van der Waals surface area contributed by atoms with Crippen LogP contribution in [-0.2, 0) is 11.2 Å². The first-order chi connectivity index (χ1) is 10.5. The van der Waals surface area contributed by atoms with Gasteiger partial charge in [0.25, 0.3) is 0 Å². The molecule has 2 aromatic rings. The normalized spacial score (nSPS) is 12.4. The van der Waals surface area contributed by atoms with Gasteiger partial charge in [0.1, 0.15) is 5.82 Å². The van der Waals surface area contributed by atoms with Crippen molar-refractivity contribution in [2.24, 2.45) is 0 Å². The highest BCUT2D eigenvalue weighted by Crippen LogP contribution is 2.17. The van der Waals surface area contributed by atoms with Crippen LogP contribution in [0.25, 0.3) is 0 Å². The highest BCUT2D eigenvalue weighted by Gasteiger charge is 2.20. The molecule has 0 spiro atoms. The van der Waals surface area contributed by atoms with Crippen molar-refractivity contribution < 1.29 is 9.21 Å². The molecule has 0 bridgehead atoms. The van der Waals surface area contributed by atoms with E-state index in [2.05, 4.69) is 20.5 Å². The molecule has 0 saturated heterocycles. The third kappa shape index (κ3) is 4.11. The molecule has 2 heterocycles. The summed E-state index contributed by atoms with van der Waals surface area (Å²) in [6, 6.07) is 5.36. The summed E-state index contributed by atoms with van der Waals surface area (Å²) in [6.45, 7) is 5.96. The second-order valence-electron chi connectivity index (χ2n) is 5.19. The van der Waals surface area contributed by atoms with Crippen molar-refractivity contribution in [2.75, 3.05) is 18.9 Å². The van der Waals surface area contributed by atoms with Gasteiger partial charge in [0.2, 0.25) is 17.7 Å². The molecule has 0 saturated carbocycles. The first kappa shape index (κ1) is 16.1. The van der Waals surface area contributed by atoms with E-state index in [1.54, 1.807) is 6.07 Å². The van der Waals surface area contributed by atoms with Crippen LogP contribution >= 0.6 is 0 Å². The Bertz CT molecular complexity index is 640. The van der Waals surface area contributed by atoms with E-state index < -0.39 is 0 Å². The molecule has 118 valence electrons. The lowest BCUT2D eigenvalue weighted by Gasteiger charge is -2.20. The summed E-state index contributed by atoms with van der Waals surface area (Å²) in [5, 5.41) is 10.7. The van der Waals surface area contributed by atoms with Gasteiger partial charge in [-0.3, -0.25) is 9.69 Å². The summed E-state index contributed by atoms with van der Waals surface area (Å²) in [6.07, 6.45) is 0.697. The number of rotatable bonds is 6. The summed E-state index contributed by atoms with van der Waals surface area (Å²) >= 11 is 0. The van der Waals surface area contributed by atoms with Crippen LogP contribution in [0.4, 0.5) is 5.82 Å². The Kier molecular flexibility index (Phi) is 5.21. The average Bonchev–Trinajstić information content (AvgIpc) is 2.95. The van der Waals surface area contributed by atoms with Gasteiger partial charge in [0.15, 0.2) is 0 Å². The maximum atomic E-state index is 12.1. The molecule has 0 aliphatic carbocycles. The number of carbonyl (C=O) groups excluding carboxylic acids is 1. The fourth-order valence-corrected chi connectivity index (χ4v) is 1.93. The van der Waals surface area contributed by atoms with E-state index in [1.807, 2.05) is 44.9 Å². The van der Waals surface area contributed by atoms with Crippen molar-refractivity contribution in [2.45, 2.75) is 33.2 Å². The third-order valence-electron chi connectivity index (χ3n) is 3.35. The minimum atomic E-state index is -0.136. The molecule has 22 heavy (non-hydrogen) atoms. The number of anilines is 1. The Hall–Kier alpha value is -2.28. The van der Waals surface area contributed by atoms with E-state index in [0.29, 0.717) is 24.0 Å². The molecule has 1 atom stereocenters. The zero-order chi connectivity index (χ0) is 16.1. The largest absolute Gasteiger partial charge is 0.424 e. The van der Waals surface area contributed by atoms with Crippen molar-refractivity contribution >= 4 is 11.7 Å². The first-order valence-corrected chi connectivity index (χ1v) is 7.25. The number of aromatic nitrogens is 3. The molecule has 1 unspecified atom stereocenters. The smallest absolute Gasteiger partial charge is 0.239 e. The number of likely N-dealkylation sites (N-methyl/N-ethyl adjacent to an activating group) is 1. The molecule has 1 amide bonds. The molecule has 2 aromatic heterocycles. The number of aryl methyl sites for hydroxylation is 2. The quantitative estimate of drug-likeness (QED) is 0.878. The predicted molar refractivity (Wildman–Crippen MR) is 82.3 cm³/mol. The van der Waals surface area contributed by atoms with Crippen LogP contribution < -0.4 is 5.32 Å². The molecular formula is C15H21N5O2. The maximum absolute atomic E-state index is 12.1. The van der Waals surface area contributed by atoms with Gasteiger partial charge < -0.3 is 9.73 Å². The van der Waals surface area contributed by atoms with E-state index in [9.17, 15) is 4.79 Å². The maximum Gasteiger partial charge on any atom is 0.239 e. The van der Waals surface area contributed by atoms with Crippen LogP contribution in [0.3, 0.4) is 0 Å². The Morgan fingerprint density at radius 1 is 1.41 bits per heavy atom. The van der Waals surface area contributed by atoms with Crippen LogP contribution in [0.15, 0.2) is 22.6 Å². The topological polar surface area (TPSA) is 84.2 Å². The summed E-state index contributed by atoms with van der Waals surface area (Å²) in [7, 11) is 1.84. The summed E-state index contributed by atoms with van der Waals surface area (Å²) < 4.78 is 5.52. The third-order valence-corrected chi connectivity index (χ3v) is 3.35. The zero-order valence-electron chi connectivity index (χ0n) is 13.3. The lowest BCUT2D eigenvalue weighted by molar-refractivity contribution is -0.117. The van der Waals surface area contributed by atoms with Crippen molar-refractivity contribution in [3.05, 3.63) is 35.7 Å². The number of hydrogen-bond donors (Lipinski definition) is 1. The molecule has 2 rings (SSSR count). The van der Waals surface area contributed by atoms with Crippen LogP contribution in [0, 0.1) is 6.92 Å². The van der Waals surface area contributed by atoms with Crippen molar-refractivity contribution in [1.82, 2.24) is 20.1 Å². The molecule has 0 aliphatic heterocycles. The van der Waals surface area contributed by atoms with Gasteiger partial charge in [0, 0.05) is 12.1 Å². The Morgan fingerprint density at radius 2 is 2.18 bits per heavy atom. The van der Waals surface area contributed by atoms with Gasteiger partial charge in [-0.1, -0.05) is 13.0 Å². The van der Waals surface area contributed by atoms with Gasteiger partial charge in [-0.05, 0) is 33.0 Å². The van der Waals surface area contributed by atoms with Crippen LogP contribution in [-0.4, -0.2) is 39.6 Å². The minimum absolute atomic E-state index is 0.135. The van der Waals surface area contributed by atoms with E-state index in [0.717, 1.165) is 5.69 Å². The summed E-state index contributed by atoms with van der Waals surface area (Å²) in [5.41, 5.74) is 0.859. The van der Waals surface area contributed by atoms with Gasteiger partial charge in [-0.15, -0.1) is 10.2 Å². The number of hydrogen-bond acceptors (Lipinski definition) is 6. The number of amides is 1. The Balaban J connectivity index is 1.92. The SMILES string of the molecule is CCc1nnc(C(C)N(C)CC(=O)Nc2cccc(C)n2)o1. The average molecular weight is 303 g/mol. The fourth-order valence-electron chi connectivity index (χ4n) is 1.93. The summed E-state index contributed by atoms with van der Waals surface area (Å²) in [5.74, 6) is 1.53. The minimum Gasteiger partial charge on any atom is -0.424 e. The lowest BCUT2D eigenvalue weighted by atomic mass is 10.3. The predicted octanol–water partition coefficient (Wildman–Crippen LogP) is 1.97.